The molecule has 0 aliphatic heterocycles. The second-order valence-electron chi connectivity index (χ2n) is 6.51. The number of amides is 1. The zero-order valence-electron chi connectivity index (χ0n) is 14.3. The Bertz CT molecular complexity index is 955. The van der Waals surface area contributed by atoms with Crippen LogP contribution >= 0.6 is 22.9 Å². The monoisotopic (exact) mass is 383 g/mol. The first-order chi connectivity index (χ1) is 12.6. The van der Waals surface area contributed by atoms with Crippen LogP contribution in [-0.4, -0.2) is 15.9 Å². The Morgan fingerprint density at radius 2 is 2.08 bits per heavy atom. The molecule has 1 unspecified atom stereocenters. The number of pyridine rings is 1. The first-order valence-electron chi connectivity index (χ1n) is 8.56. The van der Waals surface area contributed by atoms with Gasteiger partial charge in [0, 0.05) is 39.5 Å². The molecule has 0 fully saturated rings. The molecule has 3 aromatic rings. The number of thiazole rings is 1. The number of carbonyl (C=O) groups excluding carboxylic acids is 1. The lowest BCUT2D eigenvalue weighted by atomic mass is 9.90. The second kappa shape index (κ2) is 7.17. The lowest BCUT2D eigenvalue weighted by Gasteiger charge is -2.21. The number of hydrogen-bond acceptors (Lipinski definition) is 4. The summed E-state index contributed by atoms with van der Waals surface area (Å²) in [5.74, 6) is 0.0447. The highest BCUT2D eigenvalue weighted by Gasteiger charge is 2.28. The van der Waals surface area contributed by atoms with Crippen molar-refractivity contribution in [1.29, 1.82) is 0 Å². The van der Waals surface area contributed by atoms with Gasteiger partial charge >= 0.3 is 0 Å². The van der Waals surface area contributed by atoms with E-state index in [9.17, 15) is 4.79 Å². The Morgan fingerprint density at radius 3 is 2.85 bits per heavy atom. The third-order valence-corrected chi connectivity index (χ3v) is 6.09. The molecule has 4 nitrogen and oxygen atoms in total. The van der Waals surface area contributed by atoms with Crippen molar-refractivity contribution in [2.45, 2.75) is 26.2 Å². The first-order valence-corrected chi connectivity index (χ1v) is 9.75. The summed E-state index contributed by atoms with van der Waals surface area (Å²) in [5, 5.41) is 4.74. The topological polar surface area (TPSA) is 54.9 Å². The van der Waals surface area contributed by atoms with Crippen LogP contribution in [0.15, 0.2) is 42.7 Å². The predicted molar refractivity (Wildman–Crippen MR) is 106 cm³/mol. The number of halogens is 1. The molecule has 26 heavy (non-hydrogen) atoms. The molecule has 2 heterocycles. The van der Waals surface area contributed by atoms with Crippen molar-refractivity contribution in [3.8, 4) is 10.6 Å². The van der Waals surface area contributed by atoms with E-state index in [1.807, 2.05) is 31.2 Å². The summed E-state index contributed by atoms with van der Waals surface area (Å²) in [6.45, 7) is 1.95. The van der Waals surface area contributed by atoms with E-state index < -0.39 is 0 Å². The summed E-state index contributed by atoms with van der Waals surface area (Å²) in [6.07, 6.45) is 5.97. The molecule has 1 aliphatic carbocycles. The van der Waals surface area contributed by atoms with Crippen LogP contribution in [0.4, 0.5) is 5.69 Å². The molecule has 6 heteroatoms. The van der Waals surface area contributed by atoms with E-state index in [1.165, 1.54) is 4.88 Å². The second-order valence-corrected chi connectivity index (χ2v) is 8.03. The van der Waals surface area contributed by atoms with E-state index in [0.29, 0.717) is 5.02 Å². The average Bonchev–Trinajstić information content (AvgIpc) is 3.08. The first kappa shape index (κ1) is 17.2. The number of aryl methyl sites for hydroxylation is 2. The number of carbonyl (C=O) groups is 1. The Labute approximate surface area is 161 Å². The minimum Gasteiger partial charge on any atom is -0.326 e. The summed E-state index contributed by atoms with van der Waals surface area (Å²) < 4.78 is 0. The SMILES string of the molecule is Cc1cc(Cl)ccc1NC(=O)C1CCc2nc(-c3ccncc3)sc2C1. The van der Waals surface area contributed by atoms with E-state index in [2.05, 4.69) is 10.3 Å². The smallest absolute Gasteiger partial charge is 0.227 e. The van der Waals surface area contributed by atoms with Crippen molar-refractivity contribution in [2.24, 2.45) is 5.92 Å². The Balaban J connectivity index is 1.49. The average molecular weight is 384 g/mol. The van der Waals surface area contributed by atoms with E-state index in [-0.39, 0.29) is 11.8 Å². The number of benzene rings is 1. The van der Waals surface area contributed by atoms with Gasteiger partial charge in [0.05, 0.1) is 5.69 Å². The Kier molecular flexibility index (Phi) is 4.74. The molecule has 0 bridgehead atoms. The lowest BCUT2D eigenvalue weighted by molar-refractivity contribution is -0.120. The summed E-state index contributed by atoms with van der Waals surface area (Å²) in [7, 11) is 0. The summed E-state index contributed by atoms with van der Waals surface area (Å²) in [5.41, 5.74) is 4.01. The van der Waals surface area contributed by atoms with Crippen molar-refractivity contribution in [3.05, 3.63) is 63.9 Å². The van der Waals surface area contributed by atoms with Gasteiger partial charge in [0.15, 0.2) is 0 Å². The Morgan fingerprint density at radius 1 is 1.27 bits per heavy atom. The van der Waals surface area contributed by atoms with Gasteiger partial charge in [0.25, 0.3) is 0 Å². The van der Waals surface area contributed by atoms with Gasteiger partial charge in [-0.3, -0.25) is 9.78 Å². The zero-order chi connectivity index (χ0) is 18.1. The largest absolute Gasteiger partial charge is 0.326 e. The van der Waals surface area contributed by atoms with Crippen LogP contribution in [0.1, 0.15) is 22.6 Å². The molecule has 1 aliphatic rings. The molecule has 0 radical (unpaired) electrons. The number of hydrogen-bond donors (Lipinski definition) is 1. The van der Waals surface area contributed by atoms with Gasteiger partial charge in [-0.05, 0) is 62.1 Å². The third kappa shape index (κ3) is 3.50. The van der Waals surface area contributed by atoms with Crippen molar-refractivity contribution in [2.75, 3.05) is 5.32 Å². The van der Waals surface area contributed by atoms with Gasteiger partial charge in [-0.2, -0.15) is 0 Å². The molecule has 2 aromatic heterocycles. The maximum atomic E-state index is 12.7. The van der Waals surface area contributed by atoms with Crippen molar-refractivity contribution < 1.29 is 4.79 Å². The summed E-state index contributed by atoms with van der Waals surface area (Å²) in [4.78, 5) is 22.8. The van der Waals surface area contributed by atoms with Crippen LogP contribution in [0.3, 0.4) is 0 Å². The molecule has 132 valence electrons. The molecule has 0 saturated carbocycles. The van der Waals surface area contributed by atoms with Crippen LogP contribution < -0.4 is 5.32 Å². The number of rotatable bonds is 3. The van der Waals surface area contributed by atoms with Crippen LogP contribution in [0.5, 0.6) is 0 Å². The summed E-state index contributed by atoms with van der Waals surface area (Å²) >= 11 is 7.67. The minimum absolute atomic E-state index is 0.0247. The van der Waals surface area contributed by atoms with Gasteiger partial charge < -0.3 is 5.32 Å². The van der Waals surface area contributed by atoms with Crippen molar-refractivity contribution in [1.82, 2.24) is 9.97 Å². The minimum atomic E-state index is -0.0247. The van der Waals surface area contributed by atoms with E-state index in [4.69, 9.17) is 16.6 Å². The highest BCUT2D eigenvalue weighted by atomic mass is 35.5. The summed E-state index contributed by atoms with van der Waals surface area (Å²) in [6, 6.07) is 9.46. The maximum absolute atomic E-state index is 12.7. The molecule has 1 amide bonds. The van der Waals surface area contributed by atoms with Gasteiger partial charge in [0.1, 0.15) is 5.01 Å². The molecule has 1 atom stereocenters. The molecule has 0 saturated heterocycles. The van der Waals surface area contributed by atoms with Gasteiger partial charge in [0.2, 0.25) is 5.91 Å². The normalized spacial score (nSPS) is 16.2. The highest BCUT2D eigenvalue weighted by molar-refractivity contribution is 7.15. The quantitative estimate of drug-likeness (QED) is 0.699. The Hall–Kier alpha value is -2.24. The third-order valence-electron chi connectivity index (χ3n) is 4.68. The van der Waals surface area contributed by atoms with Gasteiger partial charge in [-0.25, -0.2) is 4.98 Å². The highest BCUT2D eigenvalue weighted by Crippen LogP contribution is 2.35. The molecule has 1 aromatic carbocycles. The van der Waals surface area contributed by atoms with Crippen molar-refractivity contribution >= 4 is 34.5 Å². The van der Waals surface area contributed by atoms with E-state index in [1.54, 1.807) is 29.8 Å². The van der Waals surface area contributed by atoms with Crippen LogP contribution in [-0.2, 0) is 17.6 Å². The number of fused-ring (bicyclic) bond motifs is 1. The molecular weight excluding hydrogens is 366 g/mol. The fourth-order valence-corrected chi connectivity index (χ4v) is 4.64. The van der Waals surface area contributed by atoms with Crippen molar-refractivity contribution in [3.63, 3.8) is 0 Å². The van der Waals surface area contributed by atoms with E-state index in [0.717, 1.165) is 46.8 Å². The molecule has 0 spiro atoms. The van der Waals surface area contributed by atoms with E-state index >= 15 is 0 Å². The number of anilines is 1. The molecule has 1 N–H and O–H groups in total. The zero-order valence-corrected chi connectivity index (χ0v) is 15.9. The number of nitrogens with zero attached hydrogens (tertiary/aromatic N) is 2. The molecular formula is C20H18ClN3OS. The van der Waals surface area contributed by atoms with Crippen LogP contribution in [0, 0.1) is 12.8 Å². The maximum Gasteiger partial charge on any atom is 0.227 e. The van der Waals surface area contributed by atoms with Gasteiger partial charge in [-0.1, -0.05) is 11.6 Å². The fraction of sp³-hybridized carbons (Fsp3) is 0.250. The lowest BCUT2D eigenvalue weighted by Crippen LogP contribution is -2.28. The molecule has 4 rings (SSSR count). The van der Waals surface area contributed by atoms with Gasteiger partial charge in [-0.15, -0.1) is 11.3 Å². The van der Waals surface area contributed by atoms with Crippen LogP contribution in [0.2, 0.25) is 5.02 Å². The number of aromatic nitrogens is 2. The predicted octanol–water partition coefficient (Wildman–Crippen LogP) is 4.91. The number of nitrogens with one attached hydrogen (secondary N) is 1. The van der Waals surface area contributed by atoms with Crippen LogP contribution in [0.25, 0.3) is 10.6 Å². The standard InChI is InChI=1S/C20H18ClN3OS/c1-12-10-15(21)3-5-16(12)23-19(25)14-2-4-17-18(11-14)26-20(24-17)13-6-8-22-9-7-13/h3,5-10,14H,2,4,11H2,1H3,(H,23,25). The fourth-order valence-electron chi connectivity index (χ4n) is 3.22.